The summed E-state index contributed by atoms with van der Waals surface area (Å²) in [4.78, 5) is 35.9. The third-order valence-electron chi connectivity index (χ3n) is 3.82. The number of benzene rings is 1. The third kappa shape index (κ3) is 4.34. The van der Waals surface area contributed by atoms with Crippen LogP contribution in [-0.4, -0.2) is 43.3 Å². The Labute approximate surface area is 177 Å². The van der Waals surface area contributed by atoms with Crippen LogP contribution in [0.4, 0.5) is 0 Å². The number of furan rings is 1. The molecule has 1 fully saturated rings. The van der Waals surface area contributed by atoms with E-state index < -0.39 is 30.3 Å². The fourth-order valence-electron chi connectivity index (χ4n) is 2.53. The lowest BCUT2D eigenvalue weighted by Crippen LogP contribution is -2.45. The van der Waals surface area contributed by atoms with Gasteiger partial charge in [-0.3, -0.25) is 14.5 Å². The van der Waals surface area contributed by atoms with E-state index in [2.05, 4.69) is 15.9 Å². The molecule has 0 saturated carbocycles. The molecule has 0 unspecified atom stereocenters. The zero-order valence-electron chi connectivity index (χ0n) is 14.0. The minimum absolute atomic E-state index is 0.00964. The number of carboxylic acid groups (broad SMARTS) is 2. The fraction of sp³-hybridized carbons (Fsp3) is 0.111. The summed E-state index contributed by atoms with van der Waals surface area (Å²) in [7, 11) is 0. The molecule has 0 radical (unpaired) electrons. The molecule has 0 bridgehead atoms. The molecule has 2 aromatic rings. The molecule has 0 spiro atoms. The zero-order chi connectivity index (χ0) is 20.4. The van der Waals surface area contributed by atoms with Crippen molar-refractivity contribution < 1.29 is 29.0 Å². The van der Waals surface area contributed by atoms with Crippen LogP contribution in [0.5, 0.6) is 0 Å². The van der Waals surface area contributed by atoms with Crippen molar-refractivity contribution in [2.75, 3.05) is 0 Å². The predicted octanol–water partition coefficient (Wildman–Crippen LogP) is 3.84. The molecule has 1 aliphatic heterocycles. The molecule has 28 heavy (non-hydrogen) atoms. The number of carbonyl (C=O) groups is 3. The van der Waals surface area contributed by atoms with Crippen LogP contribution in [0.2, 0.25) is 0 Å². The minimum atomic E-state index is -1.56. The highest BCUT2D eigenvalue weighted by atomic mass is 79.9. The minimum Gasteiger partial charge on any atom is -0.481 e. The van der Waals surface area contributed by atoms with Crippen molar-refractivity contribution in [1.29, 1.82) is 0 Å². The van der Waals surface area contributed by atoms with Crippen molar-refractivity contribution in [2.45, 2.75) is 12.5 Å². The molecular formula is C18H12BrNO6S2. The standard InChI is InChI=1S/C18H12BrNO6S2/c19-10-3-1-9(2-4-10)13-6-5-11(26-13)7-14-16(23)20(18(27)28-14)12(17(24)25)8-15(21)22/h1-7,12H,8H2,(H,21,22)(H,24,25)/b14-7+/t12-/m0/s1. The Balaban J connectivity index is 1.85. The van der Waals surface area contributed by atoms with Crippen LogP contribution in [0.3, 0.4) is 0 Å². The number of carboxylic acids is 2. The molecule has 3 rings (SSSR count). The lowest BCUT2D eigenvalue weighted by molar-refractivity contribution is -0.150. The van der Waals surface area contributed by atoms with Crippen molar-refractivity contribution in [3.63, 3.8) is 0 Å². The van der Waals surface area contributed by atoms with E-state index in [4.69, 9.17) is 21.7 Å². The average Bonchev–Trinajstić information content (AvgIpc) is 3.19. The lowest BCUT2D eigenvalue weighted by atomic mass is 10.2. The first-order valence-corrected chi connectivity index (χ1v) is 9.85. The molecule has 2 N–H and O–H groups in total. The normalized spacial score (nSPS) is 16.6. The quantitative estimate of drug-likeness (QED) is 0.473. The lowest BCUT2D eigenvalue weighted by Gasteiger charge is -2.21. The topological polar surface area (TPSA) is 108 Å². The van der Waals surface area contributed by atoms with Gasteiger partial charge >= 0.3 is 11.9 Å². The molecule has 144 valence electrons. The summed E-state index contributed by atoms with van der Waals surface area (Å²) < 4.78 is 6.66. The van der Waals surface area contributed by atoms with Crippen molar-refractivity contribution >= 4 is 68.2 Å². The summed E-state index contributed by atoms with van der Waals surface area (Å²) in [6.07, 6.45) is 0.713. The molecule has 1 aromatic carbocycles. The fourth-order valence-corrected chi connectivity index (χ4v) is 4.13. The molecule has 1 saturated heterocycles. The maximum atomic E-state index is 12.6. The summed E-state index contributed by atoms with van der Waals surface area (Å²) in [6.45, 7) is 0. The number of hydrogen-bond acceptors (Lipinski definition) is 6. The van der Waals surface area contributed by atoms with Gasteiger partial charge in [-0.05, 0) is 24.3 Å². The van der Waals surface area contributed by atoms with Crippen LogP contribution in [0.25, 0.3) is 17.4 Å². The van der Waals surface area contributed by atoms with Crippen LogP contribution in [-0.2, 0) is 14.4 Å². The van der Waals surface area contributed by atoms with Crippen LogP contribution >= 0.6 is 39.9 Å². The van der Waals surface area contributed by atoms with Gasteiger partial charge < -0.3 is 14.6 Å². The Morgan fingerprint density at radius 1 is 1.21 bits per heavy atom. The van der Waals surface area contributed by atoms with Gasteiger partial charge in [-0.1, -0.05) is 52.0 Å². The number of halogens is 1. The summed E-state index contributed by atoms with van der Waals surface area (Å²) >= 11 is 9.35. The number of amides is 1. The van der Waals surface area contributed by atoms with E-state index in [0.717, 1.165) is 26.7 Å². The largest absolute Gasteiger partial charge is 0.481 e. The second-order valence-electron chi connectivity index (χ2n) is 5.71. The van der Waals surface area contributed by atoms with Gasteiger partial charge in [0.05, 0.1) is 11.3 Å². The Bertz CT molecular complexity index is 998. The Morgan fingerprint density at radius 2 is 1.89 bits per heavy atom. The Morgan fingerprint density at radius 3 is 2.50 bits per heavy atom. The molecule has 1 aromatic heterocycles. The molecular weight excluding hydrogens is 470 g/mol. The number of nitrogens with zero attached hydrogens (tertiary/aromatic N) is 1. The summed E-state index contributed by atoms with van der Waals surface area (Å²) in [6, 6.07) is 9.35. The van der Waals surface area contributed by atoms with Crippen LogP contribution < -0.4 is 0 Å². The highest BCUT2D eigenvalue weighted by Crippen LogP contribution is 2.35. The molecule has 2 heterocycles. The average molecular weight is 482 g/mol. The van der Waals surface area contributed by atoms with E-state index in [0.29, 0.717) is 11.5 Å². The van der Waals surface area contributed by atoms with Gasteiger partial charge in [0.1, 0.15) is 21.9 Å². The predicted molar refractivity (Wildman–Crippen MR) is 111 cm³/mol. The number of rotatable bonds is 6. The van der Waals surface area contributed by atoms with Crippen LogP contribution in [0.1, 0.15) is 12.2 Å². The van der Waals surface area contributed by atoms with Gasteiger partial charge in [0.25, 0.3) is 5.91 Å². The van der Waals surface area contributed by atoms with Gasteiger partial charge in [-0.25, -0.2) is 4.79 Å². The zero-order valence-corrected chi connectivity index (χ0v) is 17.2. The van der Waals surface area contributed by atoms with E-state index in [1.54, 1.807) is 12.1 Å². The summed E-state index contributed by atoms with van der Waals surface area (Å²) in [5.41, 5.74) is 0.850. The number of thioether (sulfide) groups is 1. The van der Waals surface area contributed by atoms with Crippen LogP contribution in [0, 0.1) is 0 Å². The van der Waals surface area contributed by atoms with Gasteiger partial charge in [0, 0.05) is 16.1 Å². The maximum Gasteiger partial charge on any atom is 0.327 e. The SMILES string of the molecule is O=C(O)C[C@@H](C(=O)O)N1C(=O)/C(=C\c2ccc(-c3ccc(Br)cc3)o2)SC1=S. The Hall–Kier alpha value is -2.43. The maximum absolute atomic E-state index is 12.6. The van der Waals surface area contributed by atoms with E-state index in [-0.39, 0.29) is 9.23 Å². The van der Waals surface area contributed by atoms with Crippen molar-refractivity contribution in [3.05, 3.63) is 51.5 Å². The van der Waals surface area contributed by atoms with Crippen molar-refractivity contribution in [3.8, 4) is 11.3 Å². The first-order valence-electron chi connectivity index (χ1n) is 7.83. The van der Waals surface area contributed by atoms with Crippen molar-refractivity contribution in [2.24, 2.45) is 0 Å². The first-order chi connectivity index (χ1) is 13.3. The monoisotopic (exact) mass is 481 g/mol. The van der Waals surface area contributed by atoms with Gasteiger partial charge in [0.15, 0.2) is 0 Å². The highest BCUT2D eigenvalue weighted by molar-refractivity contribution is 9.10. The molecule has 0 aliphatic carbocycles. The molecule has 1 amide bonds. The van der Waals surface area contributed by atoms with E-state index in [1.165, 1.54) is 6.08 Å². The van der Waals surface area contributed by atoms with Gasteiger partial charge in [-0.2, -0.15) is 0 Å². The molecule has 1 atom stereocenters. The molecule has 7 nitrogen and oxygen atoms in total. The van der Waals surface area contributed by atoms with Gasteiger partial charge in [0.2, 0.25) is 0 Å². The van der Waals surface area contributed by atoms with Crippen molar-refractivity contribution in [1.82, 2.24) is 4.90 Å². The number of hydrogen-bond donors (Lipinski definition) is 2. The smallest absolute Gasteiger partial charge is 0.327 e. The third-order valence-corrected chi connectivity index (χ3v) is 5.68. The van der Waals surface area contributed by atoms with Gasteiger partial charge in [-0.15, -0.1) is 0 Å². The second kappa shape index (κ2) is 8.29. The number of carbonyl (C=O) groups excluding carboxylic acids is 1. The van der Waals surface area contributed by atoms with E-state index in [9.17, 15) is 19.5 Å². The number of aliphatic carboxylic acids is 2. The van der Waals surface area contributed by atoms with E-state index >= 15 is 0 Å². The second-order valence-corrected chi connectivity index (χ2v) is 8.30. The summed E-state index contributed by atoms with van der Waals surface area (Å²) in [5.74, 6) is -2.44. The highest BCUT2D eigenvalue weighted by Gasteiger charge is 2.41. The molecule has 1 aliphatic rings. The van der Waals surface area contributed by atoms with Crippen LogP contribution in [0.15, 0.2) is 50.2 Å². The molecule has 10 heteroatoms. The summed E-state index contributed by atoms with van der Waals surface area (Å²) in [5, 5.41) is 18.2. The first kappa shape index (κ1) is 20.3. The van der Waals surface area contributed by atoms with E-state index in [1.807, 2.05) is 24.3 Å². The number of thiocarbonyl (C=S) groups is 1. The Kier molecular flexibility index (Phi) is 6.01.